The van der Waals surface area contributed by atoms with Crippen LogP contribution in [0.25, 0.3) is 0 Å². The number of aromatic hydroxyl groups is 1. The number of hydrogen-bond donors (Lipinski definition) is 2. The first-order valence-corrected chi connectivity index (χ1v) is 5.72. The second-order valence-corrected chi connectivity index (χ2v) is 4.74. The summed E-state index contributed by atoms with van der Waals surface area (Å²) in [7, 11) is 0. The molecule has 2 rings (SSSR count). The van der Waals surface area contributed by atoms with Gasteiger partial charge in [-0.1, -0.05) is 28.4 Å². The zero-order valence-corrected chi connectivity index (χ0v) is 9.50. The summed E-state index contributed by atoms with van der Waals surface area (Å²) in [6, 6.07) is 5.40. The van der Waals surface area contributed by atoms with Gasteiger partial charge in [0.25, 0.3) is 0 Å². The van der Waals surface area contributed by atoms with Gasteiger partial charge in [0.2, 0.25) is 0 Å². The van der Waals surface area contributed by atoms with E-state index in [4.69, 9.17) is 5.73 Å². The Morgan fingerprint density at radius 1 is 1.43 bits per heavy atom. The number of rotatable bonds is 2. The van der Waals surface area contributed by atoms with Crippen molar-refractivity contribution in [2.24, 2.45) is 11.7 Å². The number of phenols is 1. The third-order valence-electron chi connectivity index (χ3n) is 3.02. The van der Waals surface area contributed by atoms with Crippen molar-refractivity contribution >= 4 is 15.9 Å². The highest BCUT2D eigenvalue weighted by atomic mass is 79.9. The molecule has 2 nitrogen and oxygen atoms in total. The van der Waals surface area contributed by atoms with Crippen LogP contribution in [0.4, 0.5) is 0 Å². The molecule has 0 heterocycles. The van der Waals surface area contributed by atoms with Crippen LogP contribution in [0.1, 0.15) is 30.9 Å². The van der Waals surface area contributed by atoms with Crippen molar-refractivity contribution in [2.75, 3.05) is 0 Å². The maximum atomic E-state index is 9.72. The first-order valence-electron chi connectivity index (χ1n) is 4.93. The molecule has 0 amide bonds. The average Bonchev–Trinajstić information content (AvgIpc) is 2.00. The highest BCUT2D eigenvalue weighted by molar-refractivity contribution is 9.10. The lowest BCUT2D eigenvalue weighted by Crippen LogP contribution is -2.27. The van der Waals surface area contributed by atoms with Gasteiger partial charge in [-0.3, -0.25) is 0 Å². The second kappa shape index (κ2) is 3.91. The van der Waals surface area contributed by atoms with Gasteiger partial charge < -0.3 is 10.8 Å². The summed E-state index contributed by atoms with van der Waals surface area (Å²) in [6.45, 7) is 0. The van der Waals surface area contributed by atoms with Crippen LogP contribution in [0.5, 0.6) is 5.75 Å². The molecule has 3 heteroatoms. The van der Waals surface area contributed by atoms with Gasteiger partial charge in [-0.2, -0.15) is 0 Å². The van der Waals surface area contributed by atoms with E-state index < -0.39 is 0 Å². The van der Waals surface area contributed by atoms with Crippen LogP contribution in [0.2, 0.25) is 0 Å². The summed E-state index contributed by atoms with van der Waals surface area (Å²) in [5.41, 5.74) is 6.97. The van der Waals surface area contributed by atoms with E-state index in [1.165, 1.54) is 19.3 Å². The lowest BCUT2D eigenvalue weighted by molar-refractivity contribution is 0.260. The lowest BCUT2D eigenvalue weighted by atomic mass is 9.77. The molecular weight excluding hydrogens is 242 g/mol. The molecular formula is C11H14BrNO. The number of hydrogen-bond acceptors (Lipinski definition) is 2. The molecule has 1 aromatic rings. The van der Waals surface area contributed by atoms with Crippen LogP contribution < -0.4 is 5.73 Å². The van der Waals surface area contributed by atoms with E-state index in [1.807, 2.05) is 12.1 Å². The molecule has 0 unspecified atom stereocenters. The largest absolute Gasteiger partial charge is 0.508 e. The Morgan fingerprint density at radius 3 is 2.64 bits per heavy atom. The minimum Gasteiger partial charge on any atom is -0.508 e. The highest BCUT2D eigenvalue weighted by Crippen LogP contribution is 2.41. The molecule has 1 aliphatic rings. The van der Waals surface area contributed by atoms with Crippen LogP contribution in [-0.4, -0.2) is 5.11 Å². The zero-order valence-electron chi connectivity index (χ0n) is 7.91. The Balaban J connectivity index is 2.29. The lowest BCUT2D eigenvalue weighted by Gasteiger charge is -2.32. The molecule has 14 heavy (non-hydrogen) atoms. The van der Waals surface area contributed by atoms with Crippen molar-refractivity contribution < 1.29 is 5.11 Å². The molecule has 76 valence electrons. The summed E-state index contributed by atoms with van der Waals surface area (Å²) in [4.78, 5) is 0. The second-order valence-electron chi connectivity index (χ2n) is 3.89. The quantitative estimate of drug-likeness (QED) is 0.854. The van der Waals surface area contributed by atoms with Gasteiger partial charge in [-0.05, 0) is 30.9 Å². The van der Waals surface area contributed by atoms with Crippen molar-refractivity contribution in [1.29, 1.82) is 0 Å². The Hall–Kier alpha value is -0.540. The van der Waals surface area contributed by atoms with Crippen molar-refractivity contribution in [3.63, 3.8) is 0 Å². The van der Waals surface area contributed by atoms with Gasteiger partial charge in [-0.15, -0.1) is 0 Å². The van der Waals surface area contributed by atoms with Crippen molar-refractivity contribution in [3.8, 4) is 5.75 Å². The third kappa shape index (κ3) is 1.66. The Bertz CT molecular complexity index is 316. The van der Waals surface area contributed by atoms with Crippen molar-refractivity contribution in [1.82, 2.24) is 0 Å². The Morgan fingerprint density at radius 2 is 2.14 bits per heavy atom. The Labute approximate surface area is 92.3 Å². The molecule has 0 aliphatic heterocycles. The molecule has 0 saturated heterocycles. The maximum absolute atomic E-state index is 9.72. The van der Waals surface area contributed by atoms with E-state index in [0.717, 1.165) is 10.0 Å². The summed E-state index contributed by atoms with van der Waals surface area (Å²) in [5, 5.41) is 9.72. The van der Waals surface area contributed by atoms with Gasteiger partial charge in [-0.25, -0.2) is 0 Å². The van der Waals surface area contributed by atoms with Gasteiger partial charge in [0.1, 0.15) is 5.75 Å². The van der Waals surface area contributed by atoms with Gasteiger partial charge in [0.05, 0.1) is 0 Å². The predicted octanol–water partition coefficient (Wildman–Crippen LogP) is 2.95. The molecule has 1 atom stereocenters. The zero-order chi connectivity index (χ0) is 10.1. The average molecular weight is 256 g/mol. The summed E-state index contributed by atoms with van der Waals surface area (Å²) in [6.07, 6.45) is 3.63. The van der Waals surface area contributed by atoms with Crippen LogP contribution in [0.15, 0.2) is 22.7 Å². The fourth-order valence-electron chi connectivity index (χ4n) is 1.89. The SMILES string of the molecule is N[C@H](c1c(O)cccc1Br)C1CCC1. The van der Waals surface area contributed by atoms with Gasteiger partial charge >= 0.3 is 0 Å². The molecule has 0 bridgehead atoms. The maximum Gasteiger partial charge on any atom is 0.121 e. The smallest absolute Gasteiger partial charge is 0.121 e. The van der Waals surface area contributed by atoms with E-state index in [9.17, 15) is 5.11 Å². The fourth-order valence-corrected chi connectivity index (χ4v) is 2.51. The van der Waals surface area contributed by atoms with E-state index in [-0.39, 0.29) is 6.04 Å². The normalized spacial score (nSPS) is 19.0. The molecule has 1 aromatic carbocycles. The third-order valence-corrected chi connectivity index (χ3v) is 3.71. The van der Waals surface area contributed by atoms with Crippen LogP contribution in [0, 0.1) is 5.92 Å². The van der Waals surface area contributed by atoms with Gasteiger partial charge in [0, 0.05) is 16.1 Å². The molecule has 1 saturated carbocycles. The molecule has 1 fully saturated rings. The van der Waals surface area contributed by atoms with Crippen LogP contribution in [-0.2, 0) is 0 Å². The van der Waals surface area contributed by atoms with Crippen molar-refractivity contribution in [3.05, 3.63) is 28.2 Å². The number of halogens is 1. The summed E-state index contributed by atoms with van der Waals surface area (Å²) < 4.78 is 0.914. The minimum absolute atomic E-state index is 0.0284. The monoisotopic (exact) mass is 255 g/mol. The predicted molar refractivity (Wildman–Crippen MR) is 60.1 cm³/mol. The highest BCUT2D eigenvalue weighted by Gasteiger charge is 2.28. The van der Waals surface area contributed by atoms with Crippen LogP contribution >= 0.6 is 15.9 Å². The standard InChI is InChI=1S/C11H14BrNO/c12-8-5-2-6-9(14)10(8)11(13)7-3-1-4-7/h2,5-7,11,14H,1,3-4,13H2/t11-/m0/s1. The van der Waals surface area contributed by atoms with E-state index >= 15 is 0 Å². The molecule has 3 N–H and O–H groups in total. The number of phenolic OH excluding ortho intramolecular Hbond substituents is 1. The van der Waals surface area contributed by atoms with E-state index in [0.29, 0.717) is 11.7 Å². The molecule has 0 radical (unpaired) electrons. The molecule has 1 aliphatic carbocycles. The van der Waals surface area contributed by atoms with Crippen LogP contribution in [0.3, 0.4) is 0 Å². The fraction of sp³-hybridized carbons (Fsp3) is 0.455. The molecule has 0 spiro atoms. The molecule has 0 aromatic heterocycles. The first-order chi connectivity index (χ1) is 6.70. The van der Waals surface area contributed by atoms with Gasteiger partial charge in [0.15, 0.2) is 0 Å². The minimum atomic E-state index is -0.0284. The number of benzene rings is 1. The van der Waals surface area contributed by atoms with E-state index in [2.05, 4.69) is 15.9 Å². The number of nitrogens with two attached hydrogens (primary N) is 1. The summed E-state index contributed by atoms with van der Waals surface area (Å²) in [5.74, 6) is 0.846. The van der Waals surface area contributed by atoms with Crippen molar-refractivity contribution in [2.45, 2.75) is 25.3 Å². The van der Waals surface area contributed by atoms with E-state index in [1.54, 1.807) is 6.07 Å². The topological polar surface area (TPSA) is 46.2 Å². The Kier molecular flexibility index (Phi) is 2.79. The summed E-state index contributed by atoms with van der Waals surface area (Å²) >= 11 is 3.43. The first kappa shape index (κ1) is 9.99.